The molecule has 0 rings (SSSR count). The largest absolute Gasteiger partial charge is 0.505 e. The van der Waals surface area contributed by atoms with E-state index in [0.717, 1.165) is 64.5 Å². The van der Waals surface area contributed by atoms with Crippen LogP contribution >= 0.6 is 0 Å². The zero-order chi connectivity index (χ0) is 24.7. The molecule has 0 saturated heterocycles. The number of carboxylic acid groups (broad SMARTS) is 1. The topological polar surface area (TPSA) is 195 Å². The van der Waals surface area contributed by atoms with Crippen molar-refractivity contribution in [3.8, 4) is 0 Å². The summed E-state index contributed by atoms with van der Waals surface area (Å²) >= 11 is 0. The molecule has 0 aliphatic heterocycles. The Morgan fingerprint density at radius 3 is 1.97 bits per heavy atom. The van der Waals surface area contributed by atoms with Crippen molar-refractivity contribution < 1.29 is 24.2 Å². The van der Waals surface area contributed by atoms with Crippen LogP contribution in [-0.2, 0) is 14.3 Å². The van der Waals surface area contributed by atoms with E-state index in [4.69, 9.17) is 22.3 Å². The lowest BCUT2D eigenvalue weighted by molar-refractivity contribution is -0.129. The molecule has 0 aromatic rings. The molecule has 0 fully saturated rings. The highest BCUT2D eigenvalue weighted by atomic mass is 16.7. The Kier molecular flexibility index (Phi) is 20.6. The lowest BCUT2D eigenvalue weighted by atomic mass is 10.1. The highest BCUT2D eigenvalue weighted by molar-refractivity contribution is 5.88. The van der Waals surface area contributed by atoms with Gasteiger partial charge in [0.2, 0.25) is 11.8 Å². The fourth-order valence-electron chi connectivity index (χ4n) is 3.34. The van der Waals surface area contributed by atoms with E-state index in [0.29, 0.717) is 32.4 Å². The number of carbonyl (C=O) groups excluding carboxylic acids is 2. The number of amides is 2. The summed E-state index contributed by atoms with van der Waals surface area (Å²) in [6.45, 7) is 2.45. The summed E-state index contributed by atoms with van der Waals surface area (Å²) in [6, 6.07) is -1.20. The van der Waals surface area contributed by atoms with Crippen molar-refractivity contribution >= 4 is 18.0 Å². The van der Waals surface area contributed by atoms with Crippen LogP contribution in [0.4, 0.5) is 4.79 Å². The predicted octanol–water partition coefficient (Wildman–Crippen LogP) is 0.407. The Balaban J connectivity index is 4.60. The second-order valence-corrected chi connectivity index (χ2v) is 8.20. The van der Waals surface area contributed by atoms with E-state index in [-0.39, 0.29) is 25.0 Å². The smallest absolute Gasteiger partial charge is 0.450 e. The molecule has 0 aromatic heterocycles. The third-order valence-electron chi connectivity index (χ3n) is 5.20. The van der Waals surface area contributed by atoms with Crippen molar-refractivity contribution in [2.45, 2.75) is 82.7 Å². The average Bonchev–Trinajstić information content (AvgIpc) is 2.78. The van der Waals surface area contributed by atoms with Gasteiger partial charge in [-0.05, 0) is 71.1 Å². The number of nitrogens with one attached hydrogen (secondary N) is 3. The first-order valence-corrected chi connectivity index (χ1v) is 12.2. The van der Waals surface area contributed by atoms with Gasteiger partial charge in [-0.1, -0.05) is 25.7 Å². The van der Waals surface area contributed by atoms with Crippen molar-refractivity contribution in [3.63, 3.8) is 0 Å². The molecule has 0 aromatic carbocycles. The van der Waals surface area contributed by atoms with Crippen molar-refractivity contribution in [1.29, 1.82) is 0 Å². The molecular formula is C22H46N6O5. The van der Waals surface area contributed by atoms with E-state index < -0.39 is 18.2 Å². The molecule has 10 N–H and O–H groups in total. The van der Waals surface area contributed by atoms with Crippen molar-refractivity contribution in [1.82, 2.24) is 16.0 Å². The molecule has 0 saturated carbocycles. The van der Waals surface area contributed by atoms with Crippen LogP contribution < -0.4 is 33.2 Å². The summed E-state index contributed by atoms with van der Waals surface area (Å²) in [5.41, 5.74) is 16.5. The highest BCUT2D eigenvalue weighted by Crippen LogP contribution is 2.06. The number of rotatable bonds is 22. The van der Waals surface area contributed by atoms with E-state index in [1.807, 2.05) is 0 Å². The van der Waals surface area contributed by atoms with Gasteiger partial charge in [0.05, 0.1) is 12.6 Å². The first-order chi connectivity index (χ1) is 15.9. The minimum absolute atomic E-state index is 0.130. The molecule has 33 heavy (non-hydrogen) atoms. The quantitative estimate of drug-likeness (QED) is 0.0858. The second kappa shape index (κ2) is 21.9. The van der Waals surface area contributed by atoms with Gasteiger partial charge in [0.1, 0.15) is 12.6 Å². The Morgan fingerprint density at radius 1 is 0.758 bits per heavy atom. The van der Waals surface area contributed by atoms with E-state index >= 15 is 0 Å². The zero-order valence-electron chi connectivity index (χ0n) is 20.0. The summed E-state index contributed by atoms with van der Waals surface area (Å²) < 4.78 is 4.65. The fourth-order valence-corrected chi connectivity index (χ4v) is 3.34. The van der Waals surface area contributed by atoms with Gasteiger partial charge in [0.25, 0.3) is 0 Å². The lowest BCUT2D eigenvalue weighted by Crippen LogP contribution is -2.52. The Hall–Kier alpha value is -1.95. The molecule has 0 bridgehead atoms. The molecule has 2 atom stereocenters. The Labute approximate surface area is 197 Å². The molecule has 0 aliphatic rings. The van der Waals surface area contributed by atoms with Crippen LogP contribution in [0.5, 0.6) is 0 Å². The van der Waals surface area contributed by atoms with Crippen LogP contribution in [0, 0.1) is 0 Å². The standard InChI is InChI=1S/C22H46N6O5/c23-12-6-2-1-3-9-15-26-16-20(29)28-19(11-5-8-14-25)21(30)27-18(10-4-7-13-24)17-33-22(31)32/h18-19,26H,1-17,23-25H2,(H,27,30)(H,28,29)(H,31,32)/t18-,19+/m1/s1. The maximum absolute atomic E-state index is 12.8. The van der Waals surface area contributed by atoms with Gasteiger partial charge in [0, 0.05) is 0 Å². The summed E-state index contributed by atoms with van der Waals surface area (Å²) in [5, 5.41) is 17.5. The number of unbranched alkanes of at least 4 members (excludes halogenated alkanes) is 6. The van der Waals surface area contributed by atoms with Crippen LogP contribution in [0.1, 0.15) is 70.6 Å². The normalized spacial score (nSPS) is 12.7. The molecular weight excluding hydrogens is 428 g/mol. The number of hydrogen-bond donors (Lipinski definition) is 7. The van der Waals surface area contributed by atoms with E-state index in [2.05, 4.69) is 20.7 Å². The second-order valence-electron chi connectivity index (χ2n) is 8.20. The van der Waals surface area contributed by atoms with Crippen molar-refractivity contribution in [3.05, 3.63) is 0 Å². The van der Waals surface area contributed by atoms with Gasteiger partial charge in [0.15, 0.2) is 0 Å². The summed E-state index contributed by atoms with van der Waals surface area (Å²) in [7, 11) is 0. The average molecular weight is 475 g/mol. The third-order valence-corrected chi connectivity index (χ3v) is 5.20. The molecule has 0 heterocycles. The van der Waals surface area contributed by atoms with Gasteiger partial charge in [-0.3, -0.25) is 9.59 Å². The lowest BCUT2D eigenvalue weighted by Gasteiger charge is -2.23. The summed E-state index contributed by atoms with van der Waals surface area (Å²) in [4.78, 5) is 36.0. The number of carbonyl (C=O) groups is 3. The summed E-state index contributed by atoms with van der Waals surface area (Å²) in [6.07, 6.45) is 7.87. The molecule has 11 nitrogen and oxygen atoms in total. The van der Waals surface area contributed by atoms with Crippen LogP contribution in [0.3, 0.4) is 0 Å². The highest BCUT2D eigenvalue weighted by Gasteiger charge is 2.23. The predicted molar refractivity (Wildman–Crippen MR) is 129 cm³/mol. The number of nitrogens with two attached hydrogens (primary N) is 3. The molecule has 194 valence electrons. The fraction of sp³-hybridized carbons (Fsp3) is 0.864. The molecule has 0 unspecified atom stereocenters. The zero-order valence-corrected chi connectivity index (χ0v) is 20.0. The van der Waals surface area contributed by atoms with Gasteiger partial charge >= 0.3 is 6.16 Å². The van der Waals surface area contributed by atoms with E-state index in [1.54, 1.807) is 0 Å². The minimum atomic E-state index is -1.40. The van der Waals surface area contributed by atoms with Gasteiger partial charge < -0.3 is 43.0 Å². The molecule has 0 radical (unpaired) electrons. The van der Waals surface area contributed by atoms with Crippen LogP contribution in [-0.4, -0.2) is 74.5 Å². The Bertz CT molecular complexity index is 524. The van der Waals surface area contributed by atoms with Gasteiger partial charge in [-0.2, -0.15) is 0 Å². The molecule has 0 spiro atoms. The Morgan fingerprint density at radius 2 is 1.33 bits per heavy atom. The molecule has 0 aliphatic carbocycles. The van der Waals surface area contributed by atoms with Crippen LogP contribution in [0.15, 0.2) is 0 Å². The number of hydrogen-bond acceptors (Lipinski definition) is 8. The van der Waals surface area contributed by atoms with Crippen molar-refractivity contribution in [2.24, 2.45) is 17.2 Å². The first kappa shape index (κ1) is 31.0. The van der Waals surface area contributed by atoms with E-state index in [1.165, 1.54) is 0 Å². The third kappa shape index (κ3) is 19.2. The SMILES string of the molecule is NCCCCCCCNCC(=O)N[C@@H](CCCCN)C(=O)N[C@H](CCCCN)COC(=O)O. The maximum atomic E-state index is 12.8. The summed E-state index contributed by atoms with van der Waals surface area (Å²) in [5.74, 6) is -0.612. The van der Waals surface area contributed by atoms with E-state index in [9.17, 15) is 14.4 Å². The van der Waals surface area contributed by atoms with Gasteiger partial charge in [-0.25, -0.2) is 4.79 Å². The van der Waals surface area contributed by atoms with Crippen LogP contribution in [0.2, 0.25) is 0 Å². The minimum Gasteiger partial charge on any atom is -0.450 e. The monoisotopic (exact) mass is 474 g/mol. The van der Waals surface area contributed by atoms with Crippen LogP contribution in [0.25, 0.3) is 0 Å². The van der Waals surface area contributed by atoms with Gasteiger partial charge in [-0.15, -0.1) is 0 Å². The molecule has 2 amide bonds. The van der Waals surface area contributed by atoms with Crippen molar-refractivity contribution in [2.75, 3.05) is 39.3 Å². The number of ether oxygens (including phenoxy) is 1. The maximum Gasteiger partial charge on any atom is 0.505 e. The molecule has 11 heteroatoms. The first-order valence-electron chi connectivity index (χ1n) is 12.2.